The SMILES string of the molecule is CCC(NC)c1ccc(-c2ccc([N+](=O)[O-])cc2Cl)o1. The van der Waals surface area contributed by atoms with Gasteiger partial charge in [0.2, 0.25) is 0 Å². The number of nitrogens with one attached hydrogen (secondary N) is 1. The lowest BCUT2D eigenvalue weighted by Crippen LogP contribution is -2.14. The summed E-state index contributed by atoms with van der Waals surface area (Å²) in [5.74, 6) is 1.42. The second-order valence-electron chi connectivity index (χ2n) is 4.37. The number of nitro groups is 1. The second-order valence-corrected chi connectivity index (χ2v) is 4.78. The highest BCUT2D eigenvalue weighted by Gasteiger charge is 2.16. The van der Waals surface area contributed by atoms with Gasteiger partial charge >= 0.3 is 0 Å². The summed E-state index contributed by atoms with van der Waals surface area (Å²) >= 11 is 6.08. The number of hydrogen-bond donors (Lipinski definition) is 1. The van der Waals surface area contributed by atoms with Gasteiger partial charge in [-0.2, -0.15) is 0 Å². The van der Waals surface area contributed by atoms with Crippen molar-refractivity contribution in [3.05, 3.63) is 51.2 Å². The number of halogens is 1. The van der Waals surface area contributed by atoms with Gasteiger partial charge in [-0.1, -0.05) is 18.5 Å². The number of benzene rings is 1. The zero-order valence-electron chi connectivity index (χ0n) is 11.2. The molecule has 0 bridgehead atoms. The first kappa shape index (κ1) is 14.6. The summed E-state index contributed by atoms with van der Waals surface area (Å²) in [7, 11) is 1.87. The van der Waals surface area contributed by atoms with E-state index in [1.165, 1.54) is 12.1 Å². The average Bonchev–Trinajstić information content (AvgIpc) is 2.89. The van der Waals surface area contributed by atoms with Crippen molar-refractivity contribution in [1.29, 1.82) is 0 Å². The highest BCUT2D eigenvalue weighted by molar-refractivity contribution is 6.33. The lowest BCUT2D eigenvalue weighted by molar-refractivity contribution is -0.384. The molecule has 1 unspecified atom stereocenters. The lowest BCUT2D eigenvalue weighted by Gasteiger charge is -2.10. The summed E-state index contributed by atoms with van der Waals surface area (Å²) in [6.07, 6.45) is 0.900. The summed E-state index contributed by atoms with van der Waals surface area (Å²) in [6.45, 7) is 2.06. The van der Waals surface area contributed by atoms with Crippen LogP contribution in [0.5, 0.6) is 0 Å². The molecule has 0 saturated heterocycles. The Balaban J connectivity index is 2.35. The molecular weight excluding hydrogens is 280 g/mol. The van der Waals surface area contributed by atoms with Crippen LogP contribution in [0.4, 0.5) is 5.69 Å². The van der Waals surface area contributed by atoms with Crippen LogP contribution in [0.3, 0.4) is 0 Å². The van der Waals surface area contributed by atoms with E-state index in [9.17, 15) is 10.1 Å². The minimum Gasteiger partial charge on any atom is -0.459 e. The van der Waals surface area contributed by atoms with Crippen LogP contribution in [-0.2, 0) is 0 Å². The summed E-state index contributed by atoms with van der Waals surface area (Å²) < 4.78 is 5.78. The van der Waals surface area contributed by atoms with Crippen molar-refractivity contribution in [2.45, 2.75) is 19.4 Å². The first-order chi connectivity index (χ1) is 9.56. The first-order valence-electron chi connectivity index (χ1n) is 6.28. The van der Waals surface area contributed by atoms with Gasteiger partial charge in [-0.25, -0.2) is 0 Å². The van der Waals surface area contributed by atoms with Crippen LogP contribution in [0, 0.1) is 10.1 Å². The fourth-order valence-electron chi connectivity index (χ4n) is 2.05. The number of hydrogen-bond acceptors (Lipinski definition) is 4. The molecule has 0 fully saturated rings. The Morgan fingerprint density at radius 3 is 2.70 bits per heavy atom. The Bertz CT molecular complexity index is 621. The zero-order chi connectivity index (χ0) is 14.7. The van der Waals surface area contributed by atoms with Crippen molar-refractivity contribution in [2.24, 2.45) is 0 Å². The van der Waals surface area contributed by atoms with Crippen molar-refractivity contribution in [2.75, 3.05) is 7.05 Å². The number of furan rings is 1. The standard InChI is InChI=1S/C14H15ClN2O3/c1-3-12(16-2)14-7-6-13(20-14)10-5-4-9(17(18)19)8-11(10)15/h4-8,12,16H,3H2,1-2H3. The van der Waals surface area contributed by atoms with Crippen LogP contribution >= 0.6 is 11.6 Å². The molecule has 0 aliphatic carbocycles. The summed E-state index contributed by atoms with van der Waals surface area (Å²) in [5, 5.41) is 14.1. The molecule has 5 nitrogen and oxygen atoms in total. The van der Waals surface area contributed by atoms with Crippen molar-refractivity contribution >= 4 is 17.3 Å². The van der Waals surface area contributed by atoms with Gasteiger partial charge in [-0.05, 0) is 31.7 Å². The van der Waals surface area contributed by atoms with Crippen LogP contribution < -0.4 is 5.32 Å². The van der Waals surface area contributed by atoms with E-state index in [-0.39, 0.29) is 11.7 Å². The molecule has 106 valence electrons. The molecule has 0 spiro atoms. The molecule has 0 radical (unpaired) electrons. The van der Waals surface area contributed by atoms with Crippen molar-refractivity contribution in [3.8, 4) is 11.3 Å². The van der Waals surface area contributed by atoms with Crippen LogP contribution in [0.15, 0.2) is 34.7 Å². The Morgan fingerprint density at radius 2 is 2.15 bits per heavy atom. The maximum absolute atomic E-state index is 10.7. The maximum Gasteiger partial charge on any atom is 0.270 e. The molecule has 0 saturated carbocycles. The fourth-order valence-corrected chi connectivity index (χ4v) is 2.32. The van der Waals surface area contributed by atoms with Gasteiger partial charge in [0.05, 0.1) is 16.0 Å². The zero-order valence-corrected chi connectivity index (χ0v) is 12.0. The Morgan fingerprint density at radius 1 is 1.40 bits per heavy atom. The molecular formula is C14H15ClN2O3. The van der Waals surface area contributed by atoms with Crippen LogP contribution in [0.2, 0.25) is 5.02 Å². The molecule has 0 aliphatic rings. The minimum atomic E-state index is -0.475. The molecule has 6 heteroatoms. The van der Waals surface area contributed by atoms with E-state index in [0.29, 0.717) is 16.3 Å². The molecule has 2 rings (SSSR count). The minimum absolute atomic E-state index is 0.0350. The third-order valence-electron chi connectivity index (χ3n) is 3.16. The van der Waals surface area contributed by atoms with Crippen molar-refractivity contribution < 1.29 is 9.34 Å². The molecule has 1 atom stereocenters. The van der Waals surface area contributed by atoms with E-state index in [2.05, 4.69) is 12.2 Å². The monoisotopic (exact) mass is 294 g/mol. The number of nitrogens with zero attached hydrogens (tertiary/aromatic N) is 1. The van der Waals surface area contributed by atoms with Gasteiger partial charge in [-0.15, -0.1) is 0 Å². The highest BCUT2D eigenvalue weighted by Crippen LogP contribution is 2.33. The smallest absolute Gasteiger partial charge is 0.270 e. The Hall–Kier alpha value is -1.85. The highest BCUT2D eigenvalue weighted by atomic mass is 35.5. The second kappa shape index (κ2) is 6.07. The summed E-state index contributed by atoms with van der Waals surface area (Å²) in [4.78, 5) is 10.2. The van der Waals surface area contributed by atoms with E-state index in [1.54, 1.807) is 6.07 Å². The van der Waals surface area contributed by atoms with E-state index in [1.807, 2.05) is 19.2 Å². The number of non-ortho nitro benzene ring substituents is 1. The Kier molecular flexibility index (Phi) is 4.42. The van der Waals surface area contributed by atoms with Crippen LogP contribution in [0.25, 0.3) is 11.3 Å². The fraction of sp³-hybridized carbons (Fsp3) is 0.286. The van der Waals surface area contributed by atoms with Crippen molar-refractivity contribution in [3.63, 3.8) is 0 Å². The Labute approximate surface area is 121 Å². The molecule has 2 aromatic rings. The largest absolute Gasteiger partial charge is 0.459 e. The topological polar surface area (TPSA) is 68.3 Å². The molecule has 0 aliphatic heterocycles. The predicted octanol–water partition coefficient (Wildman–Crippen LogP) is 4.18. The quantitative estimate of drug-likeness (QED) is 0.663. The van der Waals surface area contributed by atoms with Gasteiger partial charge in [0.15, 0.2) is 0 Å². The van der Waals surface area contributed by atoms with E-state index >= 15 is 0 Å². The third-order valence-corrected chi connectivity index (χ3v) is 3.47. The van der Waals surface area contributed by atoms with Gasteiger partial charge in [0.25, 0.3) is 5.69 Å². The predicted molar refractivity (Wildman–Crippen MR) is 77.9 cm³/mol. The molecule has 1 aromatic carbocycles. The van der Waals surface area contributed by atoms with Crippen LogP contribution in [0.1, 0.15) is 25.1 Å². The number of rotatable bonds is 5. The van der Waals surface area contributed by atoms with Crippen LogP contribution in [-0.4, -0.2) is 12.0 Å². The van der Waals surface area contributed by atoms with E-state index < -0.39 is 4.92 Å². The molecule has 1 N–H and O–H groups in total. The maximum atomic E-state index is 10.7. The summed E-state index contributed by atoms with van der Waals surface area (Å²) in [5.41, 5.74) is 0.613. The first-order valence-corrected chi connectivity index (χ1v) is 6.66. The van der Waals surface area contributed by atoms with Crippen molar-refractivity contribution in [1.82, 2.24) is 5.32 Å². The number of nitro benzene ring substituents is 1. The third kappa shape index (κ3) is 2.84. The molecule has 1 heterocycles. The molecule has 1 aromatic heterocycles. The average molecular weight is 295 g/mol. The molecule has 0 amide bonds. The normalized spacial score (nSPS) is 12.3. The van der Waals surface area contributed by atoms with E-state index in [0.717, 1.165) is 12.2 Å². The lowest BCUT2D eigenvalue weighted by atomic mass is 10.1. The van der Waals surface area contributed by atoms with Gasteiger partial charge in [0, 0.05) is 17.7 Å². The molecule has 20 heavy (non-hydrogen) atoms. The van der Waals surface area contributed by atoms with Gasteiger partial charge in [-0.3, -0.25) is 10.1 Å². The van der Waals surface area contributed by atoms with E-state index in [4.69, 9.17) is 16.0 Å². The van der Waals surface area contributed by atoms with Gasteiger partial charge in [0.1, 0.15) is 11.5 Å². The van der Waals surface area contributed by atoms with Gasteiger partial charge < -0.3 is 9.73 Å². The summed E-state index contributed by atoms with van der Waals surface area (Å²) in [6, 6.07) is 8.19.